The summed E-state index contributed by atoms with van der Waals surface area (Å²) in [6.07, 6.45) is 0. The van der Waals surface area contributed by atoms with Crippen LogP contribution in [0, 0.1) is 6.92 Å². The molecule has 1 aromatic carbocycles. The summed E-state index contributed by atoms with van der Waals surface area (Å²) < 4.78 is 27.0. The van der Waals surface area contributed by atoms with Crippen molar-refractivity contribution < 1.29 is 8.42 Å². The van der Waals surface area contributed by atoms with Crippen LogP contribution in [-0.2, 0) is 10.0 Å². The lowest BCUT2D eigenvalue weighted by atomic mass is 10.0. The predicted octanol–water partition coefficient (Wildman–Crippen LogP) is 2.92. The lowest BCUT2D eigenvalue weighted by Crippen LogP contribution is -2.42. The fraction of sp³-hybridized carbons (Fsp3) is 0.389. The molecule has 1 atom stereocenters. The molecule has 0 bridgehead atoms. The van der Waals surface area contributed by atoms with Crippen LogP contribution in [-0.4, -0.2) is 41.1 Å². The van der Waals surface area contributed by atoms with Crippen LogP contribution in [0.1, 0.15) is 24.0 Å². The molecular formula is C18H27IN4O2S2. The largest absolute Gasteiger partial charge is 0.356 e. The summed E-state index contributed by atoms with van der Waals surface area (Å²) in [7, 11) is -1.72. The van der Waals surface area contributed by atoms with Gasteiger partial charge in [-0.1, -0.05) is 42.8 Å². The number of hydrogen-bond donors (Lipinski definition) is 3. The van der Waals surface area contributed by atoms with E-state index in [0.29, 0.717) is 22.6 Å². The van der Waals surface area contributed by atoms with Crippen molar-refractivity contribution in [3.05, 3.63) is 52.9 Å². The van der Waals surface area contributed by atoms with Crippen LogP contribution in [0.2, 0.25) is 0 Å². The van der Waals surface area contributed by atoms with Gasteiger partial charge in [0.1, 0.15) is 4.21 Å². The summed E-state index contributed by atoms with van der Waals surface area (Å²) in [6, 6.07) is 11.8. The maximum Gasteiger partial charge on any atom is 0.250 e. The van der Waals surface area contributed by atoms with E-state index in [1.165, 1.54) is 22.5 Å². The minimum atomic E-state index is -3.42. The molecule has 0 aliphatic carbocycles. The number of rotatable bonds is 8. The molecule has 0 spiro atoms. The van der Waals surface area contributed by atoms with Gasteiger partial charge in [0, 0.05) is 26.7 Å². The quantitative estimate of drug-likeness (QED) is 0.216. The van der Waals surface area contributed by atoms with E-state index in [1.54, 1.807) is 24.6 Å². The molecule has 0 radical (unpaired) electrons. The Kier molecular flexibility index (Phi) is 10.3. The highest BCUT2D eigenvalue weighted by molar-refractivity contribution is 14.0. The summed E-state index contributed by atoms with van der Waals surface area (Å²) in [5.74, 6) is 0.991. The number of hydrogen-bond acceptors (Lipinski definition) is 4. The number of nitrogens with one attached hydrogen (secondary N) is 3. The molecule has 0 amide bonds. The van der Waals surface area contributed by atoms with Crippen LogP contribution < -0.4 is 15.4 Å². The number of nitrogens with zero attached hydrogens (tertiary/aromatic N) is 1. The summed E-state index contributed by atoms with van der Waals surface area (Å²) in [4.78, 5) is 4.17. The van der Waals surface area contributed by atoms with Gasteiger partial charge in [0.05, 0.1) is 0 Å². The lowest BCUT2D eigenvalue weighted by Gasteiger charge is -2.16. The Labute approximate surface area is 182 Å². The Morgan fingerprint density at radius 2 is 1.85 bits per heavy atom. The molecule has 1 unspecified atom stereocenters. The minimum absolute atomic E-state index is 0. The molecule has 0 saturated heterocycles. The number of halogens is 1. The Balaban J connectivity index is 0.00000364. The average molecular weight is 522 g/mol. The highest BCUT2D eigenvalue weighted by Gasteiger charge is 2.14. The van der Waals surface area contributed by atoms with E-state index in [9.17, 15) is 8.42 Å². The second-order valence-corrected chi connectivity index (χ2v) is 8.96. The second-order valence-electron chi connectivity index (χ2n) is 6.02. The Morgan fingerprint density at radius 1 is 1.15 bits per heavy atom. The van der Waals surface area contributed by atoms with Gasteiger partial charge >= 0.3 is 0 Å². The van der Waals surface area contributed by atoms with Gasteiger partial charge in [-0.3, -0.25) is 4.99 Å². The summed E-state index contributed by atoms with van der Waals surface area (Å²) in [5.41, 5.74) is 2.51. The predicted molar refractivity (Wildman–Crippen MR) is 124 cm³/mol. The number of aliphatic imine (C=N–C) groups is 1. The van der Waals surface area contributed by atoms with E-state index in [-0.39, 0.29) is 30.5 Å². The van der Waals surface area contributed by atoms with Crippen molar-refractivity contribution in [2.45, 2.75) is 24.0 Å². The fourth-order valence-electron chi connectivity index (χ4n) is 2.34. The average Bonchev–Trinajstić information content (AvgIpc) is 3.17. The van der Waals surface area contributed by atoms with Crippen molar-refractivity contribution in [2.24, 2.45) is 4.99 Å². The molecule has 6 nitrogen and oxygen atoms in total. The van der Waals surface area contributed by atoms with Crippen molar-refractivity contribution in [2.75, 3.05) is 26.7 Å². The molecule has 2 aromatic rings. The third-order valence-electron chi connectivity index (χ3n) is 3.92. The van der Waals surface area contributed by atoms with Crippen LogP contribution >= 0.6 is 35.3 Å². The zero-order valence-electron chi connectivity index (χ0n) is 15.7. The maximum atomic E-state index is 12.0. The number of thiophene rings is 1. The number of benzene rings is 1. The van der Waals surface area contributed by atoms with Crippen molar-refractivity contribution >= 4 is 51.3 Å². The Hall–Kier alpha value is -1.17. The highest BCUT2D eigenvalue weighted by Crippen LogP contribution is 2.15. The normalized spacial score (nSPS) is 12.9. The summed E-state index contributed by atoms with van der Waals surface area (Å²) in [6.45, 7) is 5.70. The van der Waals surface area contributed by atoms with Gasteiger partial charge in [-0.05, 0) is 29.9 Å². The standard InChI is InChI=1S/C18H26N4O2S2.HI/c1-14-6-8-16(9-7-14)15(2)13-21-18(19-3)20-10-11-22-26(23,24)17-5-4-12-25-17;/h4-9,12,15,22H,10-11,13H2,1-3H3,(H2,19,20,21);1H. The van der Waals surface area contributed by atoms with Crippen molar-refractivity contribution in [1.82, 2.24) is 15.4 Å². The molecule has 0 aliphatic rings. The van der Waals surface area contributed by atoms with Crippen LogP contribution in [0.25, 0.3) is 0 Å². The molecule has 0 fully saturated rings. The Bertz CT molecular complexity index is 806. The van der Waals surface area contributed by atoms with Crippen LogP contribution in [0.15, 0.2) is 51.0 Å². The van der Waals surface area contributed by atoms with Crippen molar-refractivity contribution in [3.63, 3.8) is 0 Å². The molecule has 9 heteroatoms. The van der Waals surface area contributed by atoms with Gasteiger partial charge in [0.2, 0.25) is 10.0 Å². The zero-order valence-corrected chi connectivity index (χ0v) is 19.7. The smallest absolute Gasteiger partial charge is 0.250 e. The van der Waals surface area contributed by atoms with Gasteiger partial charge in [-0.25, -0.2) is 13.1 Å². The molecule has 1 heterocycles. The second kappa shape index (κ2) is 11.6. The molecule has 0 aliphatic heterocycles. The number of guanidine groups is 1. The van der Waals surface area contributed by atoms with E-state index in [0.717, 1.165) is 6.54 Å². The van der Waals surface area contributed by atoms with E-state index in [1.807, 2.05) is 0 Å². The number of sulfonamides is 1. The SMILES string of the molecule is CN=C(NCCNS(=O)(=O)c1cccs1)NCC(C)c1ccc(C)cc1.I. The van der Waals surface area contributed by atoms with Gasteiger partial charge in [-0.15, -0.1) is 35.3 Å². The third kappa shape index (κ3) is 7.76. The zero-order chi connectivity index (χ0) is 19.0. The van der Waals surface area contributed by atoms with E-state index < -0.39 is 10.0 Å². The van der Waals surface area contributed by atoms with Gasteiger partial charge in [0.15, 0.2) is 5.96 Å². The van der Waals surface area contributed by atoms with E-state index in [4.69, 9.17) is 0 Å². The van der Waals surface area contributed by atoms with E-state index in [2.05, 4.69) is 58.5 Å². The first-order valence-electron chi connectivity index (χ1n) is 8.46. The third-order valence-corrected chi connectivity index (χ3v) is 6.77. The van der Waals surface area contributed by atoms with Crippen LogP contribution in [0.5, 0.6) is 0 Å². The molecule has 2 rings (SSSR count). The molecule has 3 N–H and O–H groups in total. The van der Waals surface area contributed by atoms with Crippen molar-refractivity contribution in [1.29, 1.82) is 0 Å². The summed E-state index contributed by atoms with van der Waals surface area (Å²) >= 11 is 1.20. The topological polar surface area (TPSA) is 82.6 Å². The number of aryl methyl sites for hydroxylation is 1. The first-order valence-corrected chi connectivity index (χ1v) is 10.8. The fourth-order valence-corrected chi connectivity index (χ4v) is 4.41. The first kappa shape index (κ1) is 23.9. The Morgan fingerprint density at radius 3 is 2.44 bits per heavy atom. The van der Waals surface area contributed by atoms with Crippen LogP contribution in [0.3, 0.4) is 0 Å². The van der Waals surface area contributed by atoms with Crippen LogP contribution in [0.4, 0.5) is 0 Å². The van der Waals surface area contributed by atoms with Crippen molar-refractivity contribution in [3.8, 4) is 0 Å². The molecule has 27 heavy (non-hydrogen) atoms. The van der Waals surface area contributed by atoms with Gasteiger partial charge in [-0.2, -0.15) is 0 Å². The monoisotopic (exact) mass is 522 g/mol. The van der Waals surface area contributed by atoms with Gasteiger partial charge < -0.3 is 10.6 Å². The summed E-state index contributed by atoms with van der Waals surface area (Å²) in [5, 5.41) is 8.13. The van der Waals surface area contributed by atoms with E-state index >= 15 is 0 Å². The first-order chi connectivity index (χ1) is 12.4. The highest BCUT2D eigenvalue weighted by atomic mass is 127. The molecule has 0 saturated carbocycles. The maximum absolute atomic E-state index is 12.0. The molecule has 150 valence electrons. The van der Waals surface area contributed by atoms with Gasteiger partial charge in [0.25, 0.3) is 0 Å². The minimum Gasteiger partial charge on any atom is -0.356 e. The molecular weight excluding hydrogens is 495 g/mol. The molecule has 1 aromatic heterocycles. The lowest BCUT2D eigenvalue weighted by molar-refractivity contribution is 0.582.